The monoisotopic (exact) mass is 920 g/mol. The standard InChI is InChI=1S/C42H48O23/c1-15(44)60-36-27(13-57-40-33(50)30(47)21(46)12-56-40)63-42(38(61-16(2)45)37(36)65-41-34(51)32(49)31(48)26(10-43)62-41)64-35-19-9-24(54-4)23(53-3)8-18(19)28(29-20(35)11-55-39(29)52)17-5-6-22-25(7-17)59-14-58-22/h5-9,21,26-27,30-34,36-38,40-43,46-51H,10-14H2,1-4H3/t21-,26+,27+,30-,31+,32-,33+,34+,36-,37-,38+,40-,41-,42-/m0/s1. The molecule has 5 aliphatic rings. The van der Waals surface area contributed by atoms with Gasteiger partial charge in [0, 0.05) is 30.4 Å². The molecule has 5 heterocycles. The van der Waals surface area contributed by atoms with Gasteiger partial charge in [-0.25, -0.2) is 4.79 Å². The van der Waals surface area contributed by atoms with Crippen LogP contribution in [0.3, 0.4) is 0 Å². The quantitative estimate of drug-likeness (QED) is 0.0760. The Kier molecular flexibility index (Phi) is 13.5. The van der Waals surface area contributed by atoms with Crippen LogP contribution in [0.2, 0.25) is 0 Å². The molecule has 7 N–H and O–H groups in total. The summed E-state index contributed by atoms with van der Waals surface area (Å²) in [6.45, 7) is -0.244. The van der Waals surface area contributed by atoms with Crippen molar-refractivity contribution in [2.24, 2.45) is 0 Å². The predicted octanol–water partition coefficient (Wildman–Crippen LogP) is -1.47. The Bertz CT molecular complexity index is 2270. The lowest BCUT2D eigenvalue weighted by Gasteiger charge is -2.48. The van der Waals surface area contributed by atoms with E-state index in [9.17, 15) is 50.1 Å². The van der Waals surface area contributed by atoms with E-state index in [1.54, 1.807) is 30.3 Å². The fraction of sp³-hybridized carbons (Fsp3) is 0.548. The Labute approximate surface area is 368 Å². The van der Waals surface area contributed by atoms with E-state index < -0.39 is 124 Å². The minimum Gasteiger partial charge on any atom is -0.493 e. The number of hydrogen-bond donors (Lipinski definition) is 7. The van der Waals surface area contributed by atoms with Crippen LogP contribution in [0.15, 0.2) is 30.3 Å². The smallest absolute Gasteiger partial charge is 0.339 e. The molecule has 354 valence electrons. The molecule has 3 aromatic rings. The van der Waals surface area contributed by atoms with Gasteiger partial charge in [-0.15, -0.1) is 0 Å². The summed E-state index contributed by atoms with van der Waals surface area (Å²) in [4.78, 5) is 39.7. The number of rotatable bonds is 13. The van der Waals surface area contributed by atoms with Crippen molar-refractivity contribution in [2.75, 3.05) is 40.8 Å². The maximum atomic E-state index is 13.8. The Balaban J connectivity index is 1.28. The molecular formula is C42H48O23. The van der Waals surface area contributed by atoms with Crippen LogP contribution < -0.4 is 23.7 Å². The van der Waals surface area contributed by atoms with Gasteiger partial charge in [-0.3, -0.25) is 9.59 Å². The lowest BCUT2D eigenvalue weighted by Crippen LogP contribution is -2.66. The topological polar surface area (TPSA) is 313 Å². The minimum atomic E-state index is -2.01. The highest BCUT2D eigenvalue weighted by Crippen LogP contribution is 2.50. The number of carbonyl (C=O) groups is 3. The van der Waals surface area contributed by atoms with Crippen LogP contribution in [0, 0.1) is 0 Å². The van der Waals surface area contributed by atoms with Gasteiger partial charge in [-0.05, 0) is 35.2 Å². The zero-order valence-corrected chi connectivity index (χ0v) is 35.2. The van der Waals surface area contributed by atoms with Gasteiger partial charge in [-0.1, -0.05) is 6.07 Å². The van der Waals surface area contributed by atoms with Crippen molar-refractivity contribution in [2.45, 2.75) is 106 Å². The van der Waals surface area contributed by atoms with Crippen molar-refractivity contribution >= 4 is 28.7 Å². The number of methoxy groups -OCH3 is 2. The van der Waals surface area contributed by atoms with E-state index in [2.05, 4.69) is 0 Å². The van der Waals surface area contributed by atoms with Gasteiger partial charge >= 0.3 is 17.9 Å². The van der Waals surface area contributed by atoms with Crippen molar-refractivity contribution in [1.29, 1.82) is 0 Å². The first kappa shape index (κ1) is 46.4. The summed E-state index contributed by atoms with van der Waals surface area (Å²) >= 11 is 0. The molecular weight excluding hydrogens is 872 g/mol. The molecule has 0 aliphatic carbocycles. The number of aliphatic hydroxyl groups excluding tert-OH is 7. The van der Waals surface area contributed by atoms with E-state index in [-0.39, 0.29) is 47.2 Å². The maximum Gasteiger partial charge on any atom is 0.339 e. The molecule has 0 unspecified atom stereocenters. The van der Waals surface area contributed by atoms with Crippen LogP contribution in [0.1, 0.15) is 29.8 Å². The predicted molar refractivity (Wildman–Crippen MR) is 210 cm³/mol. The van der Waals surface area contributed by atoms with E-state index >= 15 is 0 Å². The Morgan fingerprint density at radius 1 is 0.708 bits per heavy atom. The van der Waals surface area contributed by atoms with Crippen molar-refractivity contribution in [3.8, 4) is 39.9 Å². The first-order valence-electron chi connectivity index (χ1n) is 20.4. The SMILES string of the molecule is COc1cc2c(O[C@@H]3O[C@H](CO[C@@H]4OC[C@H](O)[C@H](O)[C@H]4O)[C@H](OC(C)=O)[C@H](O[C@@H]4O[C@H](CO)[C@@H](O)[C@H](O)[C@H]4O)[C@H]3OC(C)=O)c3c(c(-c4ccc5c(c4)OCO5)c2cc1OC)C(=O)OC3. The molecule has 23 nitrogen and oxygen atoms in total. The lowest BCUT2D eigenvalue weighted by molar-refractivity contribution is -0.358. The molecule has 3 fully saturated rings. The second-order valence-electron chi connectivity index (χ2n) is 15.6. The fourth-order valence-corrected chi connectivity index (χ4v) is 8.37. The van der Waals surface area contributed by atoms with Crippen molar-refractivity contribution in [3.05, 3.63) is 41.5 Å². The highest BCUT2D eigenvalue weighted by atomic mass is 16.8. The summed E-state index contributed by atoms with van der Waals surface area (Å²) in [6, 6.07) is 8.27. The second-order valence-corrected chi connectivity index (χ2v) is 15.6. The fourth-order valence-electron chi connectivity index (χ4n) is 8.37. The van der Waals surface area contributed by atoms with E-state index in [1.807, 2.05) is 0 Å². The summed E-state index contributed by atoms with van der Waals surface area (Å²) in [5, 5.41) is 74.0. The summed E-state index contributed by atoms with van der Waals surface area (Å²) in [6.07, 6.45) is -24.3. The normalized spacial score (nSPS) is 32.9. The average molecular weight is 921 g/mol. The number of benzene rings is 3. The molecule has 14 atom stereocenters. The largest absolute Gasteiger partial charge is 0.493 e. The van der Waals surface area contributed by atoms with Crippen molar-refractivity contribution in [1.82, 2.24) is 0 Å². The summed E-state index contributed by atoms with van der Waals surface area (Å²) in [5.41, 5.74) is 1.15. The zero-order chi connectivity index (χ0) is 46.4. The molecule has 0 bridgehead atoms. The molecule has 0 radical (unpaired) electrons. The number of aliphatic hydroxyl groups is 7. The molecule has 23 heteroatoms. The van der Waals surface area contributed by atoms with Crippen molar-refractivity contribution in [3.63, 3.8) is 0 Å². The summed E-state index contributed by atoms with van der Waals surface area (Å²) < 4.78 is 75.9. The van der Waals surface area contributed by atoms with E-state index in [1.165, 1.54) is 14.2 Å². The van der Waals surface area contributed by atoms with Gasteiger partial charge in [0.1, 0.15) is 67.3 Å². The first-order chi connectivity index (χ1) is 31.1. The van der Waals surface area contributed by atoms with Crippen LogP contribution in [0.5, 0.6) is 28.7 Å². The number of cyclic esters (lactones) is 1. The first-order valence-corrected chi connectivity index (χ1v) is 20.4. The van der Waals surface area contributed by atoms with Crippen LogP contribution in [-0.4, -0.2) is 181 Å². The molecule has 0 amide bonds. The van der Waals surface area contributed by atoms with E-state index in [0.717, 1.165) is 13.8 Å². The minimum absolute atomic E-state index is 0.0207. The van der Waals surface area contributed by atoms with Gasteiger partial charge in [-0.2, -0.15) is 0 Å². The molecule has 3 saturated heterocycles. The Hall–Kier alpha value is -5.15. The average Bonchev–Trinajstić information content (AvgIpc) is 3.92. The van der Waals surface area contributed by atoms with Crippen LogP contribution >= 0.6 is 0 Å². The van der Waals surface area contributed by atoms with Gasteiger partial charge in [0.25, 0.3) is 0 Å². The van der Waals surface area contributed by atoms with E-state index in [4.69, 9.17) is 61.6 Å². The maximum absolute atomic E-state index is 13.8. The third-order valence-electron chi connectivity index (χ3n) is 11.5. The van der Waals surface area contributed by atoms with Crippen LogP contribution in [0.4, 0.5) is 0 Å². The third kappa shape index (κ3) is 8.82. The number of esters is 3. The van der Waals surface area contributed by atoms with Gasteiger partial charge in [0.15, 0.2) is 47.8 Å². The number of fused-ring (bicyclic) bond motifs is 3. The van der Waals surface area contributed by atoms with E-state index in [0.29, 0.717) is 28.0 Å². The Morgan fingerprint density at radius 2 is 1.37 bits per heavy atom. The highest BCUT2D eigenvalue weighted by Gasteiger charge is 2.56. The molecule has 0 aromatic heterocycles. The lowest BCUT2D eigenvalue weighted by atomic mass is 9.89. The van der Waals surface area contributed by atoms with Gasteiger partial charge < -0.3 is 97.3 Å². The van der Waals surface area contributed by atoms with Crippen LogP contribution in [0.25, 0.3) is 21.9 Å². The molecule has 65 heavy (non-hydrogen) atoms. The number of ether oxygens (including phenoxy) is 13. The molecule has 3 aromatic carbocycles. The zero-order valence-electron chi connectivity index (χ0n) is 35.2. The molecule has 0 saturated carbocycles. The van der Waals surface area contributed by atoms with Gasteiger partial charge in [0.2, 0.25) is 13.1 Å². The molecule has 8 rings (SSSR count). The number of hydrogen-bond acceptors (Lipinski definition) is 23. The summed E-state index contributed by atoms with van der Waals surface area (Å²) in [7, 11) is 2.82. The molecule has 5 aliphatic heterocycles. The molecule has 0 spiro atoms. The Morgan fingerprint density at radius 3 is 2.06 bits per heavy atom. The van der Waals surface area contributed by atoms with Crippen molar-refractivity contribution < 1.29 is 112 Å². The third-order valence-corrected chi connectivity index (χ3v) is 11.5. The summed E-state index contributed by atoms with van der Waals surface area (Å²) in [5.74, 6) is -1.32. The second kappa shape index (κ2) is 19.0. The van der Waals surface area contributed by atoms with Gasteiger partial charge in [0.05, 0.1) is 39.6 Å². The number of carbonyl (C=O) groups excluding carboxylic acids is 3. The van der Waals surface area contributed by atoms with Crippen LogP contribution in [-0.2, 0) is 54.1 Å². The highest BCUT2D eigenvalue weighted by molar-refractivity contribution is 6.14.